The van der Waals surface area contributed by atoms with Crippen molar-refractivity contribution in [1.82, 2.24) is 15.3 Å². The van der Waals surface area contributed by atoms with Crippen molar-refractivity contribution in [3.63, 3.8) is 0 Å². The third kappa shape index (κ3) is 3.18. The fourth-order valence-electron chi connectivity index (χ4n) is 3.11. The van der Waals surface area contributed by atoms with Gasteiger partial charge in [-0.1, -0.05) is 0 Å². The van der Waals surface area contributed by atoms with Crippen LogP contribution >= 0.6 is 0 Å². The van der Waals surface area contributed by atoms with Crippen molar-refractivity contribution < 1.29 is 8.42 Å². The molecule has 0 unspecified atom stereocenters. The molecule has 21 heavy (non-hydrogen) atoms. The average Bonchev–Trinajstić information content (AvgIpc) is 3.01. The van der Waals surface area contributed by atoms with Gasteiger partial charge in [-0.25, -0.2) is 18.4 Å². The second-order valence-electron chi connectivity index (χ2n) is 5.93. The van der Waals surface area contributed by atoms with Gasteiger partial charge in [0.05, 0.1) is 11.9 Å². The molecule has 2 saturated heterocycles. The van der Waals surface area contributed by atoms with Crippen LogP contribution < -0.4 is 10.2 Å². The van der Waals surface area contributed by atoms with E-state index in [0.29, 0.717) is 16.5 Å². The van der Waals surface area contributed by atoms with Crippen molar-refractivity contribution in [3.8, 4) is 0 Å². The van der Waals surface area contributed by atoms with E-state index < -0.39 is 9.84 Å². The van der Waals surface area contributed by atoms with Gasteiger partial charge in [0.15, 0.2) is 9.84 Å². The highest BCUT2D eigenvalue weighted by molar-refractivity contribution is 7.90. The Bertz CT molecular complexity index is 605. The van der Waals surface area contributed by atoms with Crippen LogP contribution in [0.5, 0.6) is 0 Å². The topological polar surface area (TPSA) is 75.2 Å². The maximum absolute atomic E-state index is 12.0. The summed E-state index contributed by atoms with van der Waals surface area (Å²) in [5, 5.41) is 3.33. The van der Waals surface area contributed by atoms with E-state index in [9.17, 15) is 8.42 Å². The first-order valence-electron chi connectivity index (χ1n) is 7.58. The molecule has 7 heteroatoms. The molecule has 1 atom stereocenters. The predicted octanol–water partition coefficient (Wildman–Crippen LogP) is 0.947. The molecular weight excluding hydrogens is 288 g/mol. The van der Waals surface area contributed by atoms with Gasteiger partial charge in [-0.05, 0) is 32.2 Å². The monoisotopic (exact) mass is 310 g/mol. The van der Waals surface area contributed by atoms with Crippen molar-refractivity contribution in [2.45, 2.75) is 36.5 Å². The van der Waals surface area contributed by atoms with E-state index in [2.05, 4.69) is 20.2 Å². The molecule has 2 fully saturated rings. The molecule has 3 rings (SSSR count). The zero-order chi connectivity index (χ0) is 14.9. The lowest BCUT2D eigenvalue weighted by atomic mass is 9.96. The molecule has 0 bridgehead atoms. The van der Waals surface area contributed by atoms with Gasteiger partial charge >= 0.3 is 0 Å². The quantitative estimate of drug-likeness (QED) is 0.896. The van der Waals surface area contributed by atoms with Gasteiger partial charge < -0.3 is 10.2 Å². The summed E-state index contributed by atoms with van der Waals surface area (Å²) in [6.07, 6.45) is 7.07. The largest absolute Gasteiger partial charge is 0.341 e. The lowest BCUT2D eigenvalue weighted by Crippen LogP contribution is -2.30. The Morgan fingerprint density at radius 3 is 2.67 bits per heavy atom. The number of hydrogen-bond donors (Lipinski definition) is 1. The van der Waals surface area contributed by atoms with Crippen LogP contribution in [0.1, 0.15) is 37.3 Å². The highest BCUT2D eigenvalue weighted by Gasteiger charge is 2.26. The number of hydrogen-bond acceptors (Lipinski definition) is 6. The number of nitrogens with zero attached hydrogens (tertiary/aromatic N) is 3. The van der Waals surface area contributed by atoms with Crippen LogP contribution in [-0.2, 0) is 9.84 Å². The summed E-state index contributed by atoms with van der Waals surface area (Å²) in [4.78, 5) is 11.4. The summed E-state index contributed by atoms with van der Waals surface area (Å²) >= 11 is 0. The molecule has 0 spiro atoms. The van der Waals surface area contributed by atoms with Crippen LogP contribution in [0.25, 0.3) is 0 Å². The lowest BCUT2D eigenvalue weighted by molar-refractivity contribution is 0.447. The van der Waals surface area contributed by atoms with Crippen LogP contribution in [0.3, 0.4) is 0 Å². The van der Waals surface area contributed by atoms with Gasteiger partial charge in [-0.2, -0.15) is 0 Å². The van der Waals surface area contributed by atoms with E-state index in [-0.39, 0.29) is 5.92 Å². The maximum atomic E-state index is 12.0. The molecule has 1 N–H and O–H groups in total. The van der Waals surface area contributed by atoms with Crippen LogP contribution in [0.2, 0.25) is 0 Å². The third-order valence-electron chi connectivity index (χ3n) is 4.24. The highest BCUT2D eigenvalue weighted by Crippen LogP contribution is 2.29. The van der Waals surface area contributed by atoms with Gasteiger partial charge in [-0.15, -0.1) is 0 Å². The minimum Gasteiger partial charge on any atom is -0.341 e. The first-order valence-corrected chi connectivity index (χ1v) is 9.47. The maximum Gasteiger partial charge on any atom is 0.225 e. The summed E-state index contributed by atoms with van der Waals surface area (Å²) in [5.41, 5.74) is 0.696. The molecule has 2 aliphatic heterocycles. The molecule has 3 heterocycles. The summed E-state index contributed by atoms with van der Waals surface area (Å²) < 4.78 is 24.0. The molecule has 6 nitrogen and oxygen atoms in total. The standard InChI is InChI=1S/C14H22N4O2S/c1-21(19,20)12-10-16-14(18-7-2-3-8-18)17-13(12)11-5-4-6-15-9-11/h10-11,15H,2-9H2,1H3/t11-/m0/s1. The number of aromatic nitrogens is 2. The van der Waals surface area contributed by atoms with Crippen molar-refractivity contribution in [2.24, 2.45) is 0 Å². The van der Waals surface area contributed by atoms with Crippen LogP contribution in [-0.4, -0.2) is 50.8 Å². The molecule has 0 radical (unpaired) electrons. The SMILES string of the molecule is CS(=O)(=O)c1cnc(N2CCCC2)nc1[C@H]1CCCNC1. The Balaban J connectivity index is 2.00. The Morgan fingerprint density at radius 1 is 1.29 bits per heavy atom. The molecule has 0 saturated carbocycles. The fraction of sp³-hybridized carbons (Fsp3) is 0.714. The average molecular weight is 310 g/mol. The number of anilines is 1. The van der Waals surface area contributed by atoms with E-state index in [0.717, 1.165) is 51.9 Å². The zero-order valence-electron chi connectivity index (χ0n) is 12.4. The molecule has 2 aliphatic rings. The van der Waals surface area contributed by atoms with E-state index in [4.69, 9.17) is 0 Å². The Morgan fingerprint density at radius 2 is 2.05 bits per heavy atom. The zero-order valence-corrected chi connectivity index (χ0v) is 13.2. The molecule has 0 amide bonds. The number of rotatable bonds is 3. The van der Waals surface area contributed by atoms with Gasteiger partial charge in [0.25, 0.3) is 0 Å². The summed E-state index contributed by atoms with van der Waals surface area (Å²) in [5.74, 6) is 0.841. The molecule has 0 aromatic carbocycles. The van der Waals surface area contributed by atoms with Gasteiger partial charge in [0, 0.05) is 31.8 Å². The van der Waals surface area contributed by atoms with Crippen molar-refractivity contribution in [1.29, 1.82) is 0 Å². The number of nitrogens with one attached hydrogen (secondary N) is 1. The van der Waals surface area contributed by atoms with Crippen molar-refractivity contribution in [3.05, 3.63) is 11.9 Å². The van der Waals surface area contributed by atoms with E-state index in [1.165, 1.54) is 12.5 Å². The van der Waals surface area contributed by atoms with E-state index in [1.807, 2.05) is 0 Å². The van der Waals surface area contributed by atoms with E-state index in [1.54, 1.807) is 0 Å². The van der Waals surface area contributed by atoms with Gasteiger partial charge in [-0.3, -0.25) is 0 Å². The molecule has 116 valence electrons. The van der Waals surface area contributed by atoms with Crippen LogP contribution in [0, 0.1) is 0 Å². The first-order chi connectivity index (χ1) is 10.1. The Labute approximate surface area is 125 Å². The second kappa shape index (κ2) is 5.88. The first kappa shape index (κ1) is 14.7. The van der Waals surface area contributed by atoms with Crippen LogP contribution in [0.15, 0.2) is 11.1 Å². The minimum atomic E-state index is -3.29. The van der Waals surface area contributed by atoms with Crippen molar-refractivity contribution in [2.75, 3.05) is 37.3 Å². The third-order valence-corrected chi connectivity index (χ3v) is 5.36. The second-order valence-corrected chi connectivity index (χ2v) is 7.91. The number of piperidine rings is 1. The lowest BCUT2D eigenvalue weighted by Gasteiger charge is -2.25. The van der Waals surface area contributed by atoms with Crippen molar-refractivity contribution >= 4 is 15.8 Å². The van der Waals surface area contributed by atoms with E-state index >= 15 is 0 Å². The smallest absolute Gasteiger partial charge is 0.225 e. The molecule has 1 aromatic heterocycles. The Hall–Kier alpha value is -1.21. The highest BCUT2D eigenvalue weighted by atomic mass is 32.2. The summed E-state index contributed by atoms with van der Waals surface area (Å²) in [6.45, 7) is 3.70. The van der Waals surface area contributed by atoms with Crippen LogP contribution in [0.4, 0.5) is 5.95 Å². The van der Waals surface area contributed by atoms with Gasteiger partial charge in [0.1, 0.15) is 4.90 Å². The summed E-state index contributed by atoms with van der Waals surface area (Å²) in [6, 6.07) is 0. The fourth-order valence-corrected chi connectivity index (χ4v) is 3.94. The Kier molecular flexibility index (Phi) is 4.12. The normalized spacial score (nSPS) is 23.5. The number of sulfone groups is 1. The minimum absolute atomic E-state index is 0.160. The molecule has 1 aromatic rings. The summed E-state index contributed by atoms with van der Waals surface area (Å²) in [7, 11) is -3.29. The molecule has 0 aliphatic carbocycles. The molecular formula is C14H22N4O2S. The predicted molar refractivity (Wildman–Crippen MR) is 81.4 cm³/mol. The van der Waals surface area contributed by atoms with Gasteiger partial charge in [0.2, 0.25) is 5.95 Å².